The number of amides is 1. The summed E-state index contributed by atoms with van der Waals surface area (Å²) in [5.74, 6) is -2.56. The lowest BCUT2D eigenvalue weighted by Gasteiger charge is -2.41. The van der Waals surface area contributed by atoms with Crippen molar-refractivity contribution in [2.45, 2.75) is 37.1 Å². The minimum atomic E-state index is -4.40. The summed E-state index contributed by atoms with van der Waals surface area (Å²) in [5, 5.41) is 0. The van der Waals surface area contributed by atoms with Crippen molar-refractivity contribution >= 4 is 5.91 Å². The Hall–Kier alpha value is -2.99. The van der Waals surface area contributed by atoms with Gasteiger partial charge in [-0.3, -0.25) is 4.79 Å². The predicted octanol–water partition coefficient (Wildman–Crippen LogP) is 4.20. The number of fused-ring (bicyclic) bond motifs is 1. The van der Waals surface area contributed by atoms with Gasteiger partial charge < -0.3 is 23.8 Å². The van der Waals surface area contributed by atoms with Gasteiger partial charge in [-0.05, 0) is 42.7 Å². The first-order valence-electron chi connectivity index (χ1n) is 12.2. The van der Waals surface area contributed by atoms with Crippen molar-refractivity contribution in [3.05, 3.63) is 53.2 Å². The molecule has 1 amide bonds. The van der Waals surface area contributed by atoms with E-state index in [2.05, 4.69) is 4.98 Å². The predicted molar refractivity (Wildman–Crippen MR) is 113 cm³/mol. The Bertz CT molecular complexity index is 1240. The summed E-state index contributed by atoms with van der Waals surface area (Å²) in [7, 11) is 1.24. The van der Waals surface area contributed by atoms with Gasteiger partial charge in [0.1, 0.15) is 47.8 Å². The molecule has 2 atom stereocenters. The molecule has 0 spiro atoms. The number of benzene rings is 1. The summed E-state index contributed by atoms with van der Waals surface area (Å²) in [4.78, 5) is 18.7. The highest BCUT2D eigenvalue weighted by Gasteiger charge is 2.64. The van der Waals surface area contributed by atoms with Gasteiger partial charge in [0.05, 0.1) is 16.4 Å². The fraction of sp³-hybridized carbons (Fsp3) is 0.500. The molecular formula is C24H23F5N2O5. The minimum absolute atomic E-state index is 0.00323. The van der Waals surface area contributed by atoms with Crippen LogP contribution in [-0.4, -0.2) is 61.6 Å². The van der Waals surface area contributed by atoms with Gasteiger partial charge in [0, 0.05) is 19.0 Å². The third-order valence-electron chi connectivity index (χ3n) is 6.91. The standard InChI is InChI=1S/C24H23F5N2O5/c1-33-20-18(34-12-22(4-5-22)24(27,28)29)3-2-17(30-20)21(32)31-7-6-23(19(11-31)35-13-36-23)14-8-15(25)10-16(26)9-14/h2-3,8-10,19H,4-7,11-13H2,1H3/t19-,23-/m1/s1/i13D2. The van der Waals surface area contributed by atoms with Crippen molar-refractivity contribution in [2.24, 2.45) is 5.41 Å². The minimum Gasteiger partial charge on any atom is -0.487 e. The van der Waals surface area contributed by atoms with Crippen molar-refractivity contribution in [1.29, 1.82) is 0 Å². The molecule has 0 bridgehead atoms. The molecule has 5 rings (SSSR count). The van der Waals surface area contributed by atoms with Crippen LogP contribution in [-0.2, 0) is 15.1 Å². The van der Waals surface area contributed by atoms with Gasteiger partial charge in [0.25, 0.3) is 11.8 Å². The fourth-order valence-electron chi connectivity index (χ4n) is 4.52. The highest BCUT2D eigenvalue weighted by molar-refractivity contribution is 5.92. The summed E-state index contributed by atoms with van der Waals surface area (Å²) in [5.41, 5.74) is -3.49. The Labute approximate surface area is 205 Å². The van der Waals surface area contributed by atoms with E-state index in [0.29, 0.717) is 6.07 Å². The van der Waals surface area contributed by atoms with Crippen molar-refractivity contribution in [1.82, 2.24) is 9.88 Å². The average Bonchev–Trinajstić information content (AvgIpc) is 3.58. The normalized spacial score (nSPS) is 27.1. The maximum Gasteiger partial charge on any atom is 0.397 e. The van der Waals surface area contributed by atoms with Crippen LogP contribution in [0.25, 0.3) is 0 Å². The van der Waals surface area contributed by atoms with E-state index in [1.165, 1.54) is 24.1 Å². The van der Waals surface area contributed by atoms with Crippen molar-refractivity contribution in [2.75, 3.05) is 33.6 Å². The Morgan fingerprint density at radius 3 is 2.58 bits per heavy atom. The number of hydrogen-bond acceptors (Lipinski definition) is 6. The molecule has 7 nitrogen and oxygen atoms in total. The van der Waals surface area contributed by atoms with Crippen LogP contribution in [0.3, 0.4) is 0 Å². The maximum absolute atomic E-state index is 14.0. The van der Waals surface area contributed by atoms with Crippen molar-refractivity contribution in [3.63, 3.8) is 0 Å². The van der Waals surface area contributed by atoms with Crippen LogP contribution in [0.2, 0.25) is 0 Å². The van der Waals surface area contributed by atoms with E-state index in [4.69, 9.17) is 21.7 Å². The average molecular weight is 516 g/mol. The third-order valence-corrected chi connectivity index (χ3v) is 6.91. The summed E-state index contributed by atoms with van der Waals surface area (Å²) in [6.45, 7) is -3.35. The SMILES string of the molecule is [2H]C1([2H])O[C@@H]2CN(C(=O)c3ccc(OCC4(C(F)(F)F)CC4)c(OC)n3)CC[C@]2(c2cc(F)cc(F)c2)O1. The van der Waals surface area contributed by atoms with Gasteiger partial charge in [0.2, 0.25) is 0 Å². The second kappa shape index (κ2) is 8.84. The van der Waals surface area contributed by atoms with Crippen LogP contribution in [0.5, 0.6) is 11.6 Å². The first-order valence-corrected chi connectivity index (χ1v) is 11.2. The quantitative estimate of drug-likeness (QED) is 0.536. The molecule has 1 aromatic heterocycles. The lowest BCUT2D eigenvalue weighted by molar-refractivity contribution is -0.194. The lowest BCUT2D eigenvalue weighted by Crippen LogP contribution is -2.53. The Morgan fingerprint density at radius 2 is 1.94 bits per heavy atom. The summed E-state index contributed by atoms with van der Waals surface area (Å²) >= 11 is 0. The molecule has 3 fully saturated rings. The first-order chi connectivity index (χ1) is 17.8. The maximum atomic E-state index is 14.0. The molecule has 194 valence electrons. The van der Waals surface area contributed by atoms with Crippen LogP contribution >= 0.6 is 0 Å². The number of likely N-dealkylation sites (tertiary alicyclic amines) is 1. The molecule has 0 unspecified atom stereocenters. The molecule has 36 heavy (non-hydrogen) atoms. The summed E-state index contributed by atoms with van der Waals surface area (Å²) in [6, 6.07) is 5.33. The third kappa shape index (κ3) is 4.26. The van der Waals surface area contributed by atoms with E-state index >= 15 is 0 Å². The zero-order chi connectivity index (χ0) is 27.5. The van der Waals surface area contributed by atoms with Gasteiger partial charge in [0.15, 0.2) is 5.75 Å². The van der Waals surface area contributed by atoms with Gasteiger partial charge in [-0.1, -0.05) is 0 Å². The van der Waals surface area contributed by atoms with Crippen molar-refractivity contribution < 1.29 is 48.4 Å². The Balaban J connectivity index is 1.34. The van der Waals surface area contributed by atoms with Crippen LogP contribution < -0.4 is 9.47 Å². The van der Waals surface area contributed by atoms with Crippen LogP contribution in [0, 0.1) is 17.0 Å². The number of alkyl halides is 3. The van der Waals surface area contributed by atoms with Gasteiger partial charge in [-0.25, -0.2) is 13.8 Å². The van der Waals surface area contributed by atoms with Gasteiger partial charge in [-0.15, -0.1) is 0 Å². The van der Waals surface area contributed by atoms with E-state index in [-0.39, 0.29) is 55.2 Å². The number of halogens is 5. The zero-order valence-electron chi connectivity index (χ0n) is 21.0. The number of rotatable bonds is 6. The molecule has 2 aromatic rings. The number of ether oxygens (including phenoxy) is 4. The van der Waals surface area contributed by atoms with Crippen LogP contribution in [0.15, 0.2) is 30.3 Å². The van der Waals surface area contributed by atoms with E-state index in [1.807, 2.05) is 0 Å². The van der Waals surface area contributed by atoms with Crippen molar-refractivity contribution in [3.8, 4) is 11.6 Å². The van der Waals surface area contributed by atoms with E-state index in [9.17, 15) is 26.7 Å². The second-order valence-electron chi connectivity index (χ2n) is 9.11. The number of nitrogens with zero attached hydrogens (tertiary/aromatic N) is 2. The molecule has 3 aliphatic rings. The van der Waals surface area contributed by atoms with E-state index in [1.54, 1.807) is 0 Å². The number of carbonyl (C=O) groups is 1. The summed E-state index contributed by atoms with van der Waals surface area (Å²) in [6.07, 6.45) is -5.60. The number of carbonyl (C=O) groups excluding carboxylic acids is 1. The van der Waals surface area contributed by atoms with Gasteiger partial charge >= 0.3 is 6.18 Å². The molecule has 1 aliphatic carbocycles. The number of aromatic nitrogens is 1. The smallest absolute Gasteiger partial charge is 0.397 e. The molecular weight excluding hydrogens is 491 g/mol. The molecule has 0 radical (unpaired) electrons. The molecule has 2 aliphatic heterocycles. The van der Waals surface area contributed by atoms with E-state index in [0.717, 1.165) is 12.1 Å². The first kappa shape index (κ1) is 22.2. The molecule has 12 heteroatoms. The molecule has 1 aromatic carbocycles. The number of piperidine rings is 1. The second-order valence-corrected chi connectivity index (χ2v) is 9.11. The largest absolute Gasteiger partial charge is 0.487 e. The number of methoxy groups -OCH3 is 1. The Kier molecular flexibility index (Phi) is 5.46. The highest BCUT2D eigenvalue weighted by Crippen LogP contribution is 2.57. The fourth-order valence-corrected chi connectivity index (χ4v) is 4.52. The molecule has 3 heterocycles. The van der Waals surface area contributed by atoms with Crippen LogP contribution in [0.4, 0.5) is 22.0 Å². The van der Waals surface area contributed by atoms with Gasteiger partial charge in [-0.2, -0.15) is 13.2 Å². The highest BCUT2D eigenvalue weighted by atomic mass is 19.4. The number of hydrogen-bond donors (Lipinski definition) is 0. The monoisotopic (exact) mass is 516 g/mol. The Morgan fingerprint density at radius 1 is 1.22 bits per heavy atom. The topological polar surface area (TPSA) is 70.1 Å². The molecule has 0 N–H and O–H groups in total. The zero-order valence-corrected chi connectivity index (χ0v) is 19.0. The molecule has 2 saturated heterocycles. The van der Waals surface area contributed by atoms with E-state index < -0.39 is 54.2 Å². The summed E-state index contributed by atoms with van der Waals surface area (Å²) < 4.78 is 105. The number of pyridine rings is 1. The van der Waals surface area contributed by atoms with Crippen LogP contribution in [0.1, 0.15) is 38.1 Å². The molecule has 1 saturated carbocycles. The lowest BCUT2D eigenvalue weighted by atomic mass is 9.82.